The second kappa shape index (κ2) is 8.04. The number of nitrogens with zero attached hydrogens (tertiary/aromatic N) is 1. The number of hydrogen-bond acceptors (Lipinski definition) is 7. The minimum Gasteiger partial charge on any atom is -0.463 e. The summed E-state index contributed by atoms with van der Waals surface area (Å²) in [5.41, 5.74) is -1.07. The summed E-state index contributed by atoms with van der Waals surface area (Å²) in [7, 11) is -3.40. The topological polar surface area (TPSA) is 131 Å². The zero-order valence-electron chi connectivity index (χ0n) is 16.4. The minimum absolute atomic E-state index is 0.00115. The highest BCUT2D eigenvalue weighted by Gasteiger charge is 2.34. The number of methoxy groups -OCH3 is 1. The maximum absolute atomic E-state index is 15.1. The largest absolute Gasteiger partial charge is 0.463 e. The number of hydrogen-bond donors (Lipinski definition) is 2. The van der Waals surface area contributed by atoms with E-state index in [1.165, 1.54) is 12.4 Å². The lowest BCUT2D eigenvalue weighted by molar-refractivity contribution is 0.0558. The molecule has 166 valence electrons. The average Bonchev–Trinajstić information content (AvgIpc) is 3.43. The Bertz CT molecular complexity index is 1400. The first-order valence-corrected chi connectivity index (χ1v) is 10.6. The first kappa shape index (κ1) is 21.4. The highest BCUT2D eigenvalue weighted by Crippen LogP contribution is 2.32. The van der Waals surface area contributed by atoms with Crippen LogP contribution in [0.1, 0.15) is 27.3 Å². The number of ether oxygens (including phenoxy) is 1. The van der Waals surface area contributed by atoms with E-state index in [2.05, 4.69) is 14.7 Å². The lowest BCUT2D eigenvalue weighted by Crippen LogP contribution is -2.28. The molecule has 0 saturated carbocycles. The molecule has 3 heterocycles. The summed E-state index contributed by atoms with van der Waals surface area (Å²) in [4.78, 5) is 31.2. The second-order valence-electron chi connectivity index (χ2n) is 6.70. The van der Waals surface area contributed by atoms with Crippen molar-refractivity contribution in [3.63, 3.8) is 0 Å². The Morgan fingerprint density at radius 2 is 2.09 bits per heavy atom. The molecule has 2 N–H and O–H groups in total. The number of esters is 1. The van der Waals surface area contributed by atoms with Crippen molar-refractivity contribution in [3.05, 3.63) is 71.2 Å². The number of carbonyl (C=O) groups is 2. The van der Waals surface area contributed by atoms with E-state index < -0.39 is 56.6 Å². The zero-order chi connectivity index (χ0) is 23.0. The van der Waals surface area contributed by atoms with E-state index in [0.29, 0.717) is 11.0 Å². The van der Waals surface area contributed by atoms with E-state index in [-0.39, 0.29) is 11.3 Å². The van der Waals surface area contributed by atoms with Crippen LogP contribution in [0.5, 0.6) is 0 Å². The van der Waals surface area contributed by atoms with Crippen molar-refractivity contribution in [2.75, 3.05) is 7.11 Å². The molecule has 32 heavy (non-hydrogen) atoms. The summed E-state index contributed by atoms with van der Waals surface area (Å²) in [5.74, 6) is -3.58. The molecule has 1 atom stereocenters. The number of alkyl halides is 1. The average molecular weight is 463 g/mol. The van der Waals surface area contributed by atoms with Gasteiger partial charge >= 0.3 is 5.97 Å². The molecule has 0 aliphatic heterocycles. The number of Topliss-reactive ketones (excluding diaryl/α,β-unsaturated/α-hetero) is 1. The van der Waals surface area contributed by atoms with Crippen molar-refractivity contribution >= 4 is 32.8 Å². The molecule has 0 bridgehead atoms. The van der Waals surface area contributed by atoms with Gasteiger partial charge in [0.1, 0.15) is 11.8 Å². The third-order valence-corrected chi connectivity index (χ3v) is 5.97. The Labute approximate surface area is 179 Å². The van der Waals surface area contributed by atoms with Crippen LogP contribution in [0.25, 0.3) is 11.0 Å². The molecule has 0 aromatic carbocycles. The van der Waals surface area contributed by atoms with Crippen molar-refractivity contribution in [2.45, 2.75) is 17.7 Å². The maximum atomic E-state index is 15.1. The summed E-state index contributed by atoms with van der Waals surface area (Å²) >= 11 is 0. The SMILES string of the molecule is COC(=O)c1ccc(S(=O)(=O)NC2=CCC(F)C(C(=O)c3c[nH]c4ncccc34)=C2F)o1. The number of halogens is 2. The molecular formula is C20H15F2N3O6S. The number of aromatic amines is 1. The number of H-pyrrole nitrogens is 1. The molecule has 9 nitrogen and oxygen atoms in total. The first-order valence-electron chi connectivity index (χ1n) is 9.15. The van der Waals surface area contributed by atoms with Crippen LogP contribution in [0, 0.1) is 0 Å². The smallest absolute Gasteiger partial charge is 0.374 e. The Hall–Kier alpha value is -3.80. The number of carbonyl (C=O) groups excluding carboxylic acids is 2. The van der Waals surface area contributed by atoms with Crippen LogP contribution in [0.15, 0.2) is 69.3 Å². The van der Waals surface area contributed by atoms with Crippen molar-refractivity contribution < 1.29 is 35.9 Å². The highest BCUT2D eigenvalue weighted by molar-refractivity contribution is 7.89. The Kier molecular flexibility index (Phi) is 5.38. The van der Waals surface area contributed by atoms with Gasteiger partial charge < -0.3 is 14.1 Å². The van der Waals surface area contributed by atoms with Gasteiger partial charge in [-0.25, -0.2) is 18.6 Å². The van der Waals surface area contributed by atoms with Crippen molar-refractivity contribution in [1.82, 2.24) is 14.7 Å². The number of furan rings is 1. The Morgan fingerprint density at radius 3 is 2.84 bits per heavy atom. The molecule has 0 fully saturated rings. The van der Waals surface area contributed by atoms with Gasteiger partial charge in [0.05, 0.1) is 18.4 Å². The van der Waals surface area contributed by atoms with Crippen LogP contribution in [0.2, 0.25) is 0 Å². The van der Waals surface area contributed by atoms with Gasteiger partial charge in [-0.15, -0.1) is 0 Å². The normalized spacial score (nSPS) is 16.7. The molecule has 0 spiro atoms. The van der Waals surface area contributed by atoms with Crippen LogP contribution in [0.4, 0.5) is 8.78 Å². The lowest BCUT2D eigenvalue weighted by atomic mass is 9.93. The number of rotatable bonds is 6. The monoisotopic (exact) mass is 463 g/mol. The Morgan fingerprint density at radius 1 is 1.31 bits per heavy atom. The number of pyridine rings is 1. The second-order valence-corrected chi connectivity index (χ2v) is 8.31. The van der Waals surface area contributed by atoms with Crippen LogP contribution in [-0.2, 0) is 14.8 Å². The fourth-order valence-corrected chi connectivity index (χ4v) is 4.21. The van der Waals surface area contributed by atoms with E-state index in [1.54, 1.807) is 12.1 Å². The van der Waals surface area contributed by atoms with Gasteiger partial charge in [-0.2, -0.15) is 8.42 Å². The maximum Gasteiger partial charge on any atom is 0.374 e. The van der Waals surface area contributed by atoms with Gasteiger partial charge in [0.25, 0.3) is 10.0 Å². The summed E-state index contributed by atoms with van der Waals surface area (Å²) in [6.45, 7) is 0. The highest BCUT2D eigenvalue weighted by atomic mass is 32.2. The van der Waals surface area contributed by atoms with Crippen molar-refractivity contribution in [3.8, 4) is 0 Å². The molecule has 0 saturated heterocycles. The number of ketones is 1. The van der Waals surface area contributed by atoms with E-state index in [1.807, 2.05) is 4.72 Å². The number of nitrogens with one attached hydrogen (secondary N) is 2. The summed E-state index contributed by atoms with van der Waals surface area (Å²) in [6, 6.07) is 5.18. The summed E-state index contributed by atoms with van der Waals surface area (Å²) in [5, 5.41) is -0.322. The summed E-state index contributed by atoms with van der Waals surface area (Å²) in [6.07, 6.45) is 1.34. The lowest BCUT2D eigenvalue weighted by Gasteiger charge is -2.19. The molecule has 1 aliphatic carbocycles. The van der Waals surface area contributed by atoms with Crippen LogP contribution in [-0.4, -0.2) is 43.4 Å². The van der Waals surface area contributed by atoms with Crippen LogP contribution < -0.4 is 4.72 Å². The van der Waals surface area contributed by atoms with Gasteiger partial charge in [-0.05, 0) is 24.3 Å². The van der Waals surface area contributed by atoms with Crippen LogP contribution in [0.3, 0.4) is 0 Å². The molecule has 1 unspecified atom stereocenters. The van der Waals surface area contributed by atoms with Crippen LogP contribution >= 0.6 is 0 Å². The third-order valence-electron chi connectivity index (χ3n) is 4.73. The molecule has 4 rings (SSSR count). The van der Waals surface area contributed by atoms with E-state index in [0.717, 1.165) is 25.3 Å². The van der Waals surface area contributed by atoms with Gasteiger partial charge in [-0.1, -0.05) is 6.08 Å². The molecule has 0 amide bonds. The van der Waals surface area contributed by atoms with E-state index >= 15 is 4.39 Å². The fraction of sp³-hybridized carbons (Fsp3) is 0.150. The summed E-state index contributed by atoms with van der Waals surface area (Å²) < 4.78 is 66.1. The molecule has 3 aromatic rings. The molecular weight excluding hydrogens is 448 g/mol. The predicted molar refractivity (Wildman–Crippen MR) is 107 cm³/mol. The van der Waals surface area contributed by atoms with Gasteiger partial charge in [0.2, 0.25) is 10.9 Å². The first-order chi connectivity index (χ1) is 15.2. The minimum atomic E-state index is -4.49. The molecule has 0 radical (unpaired) electrons. The molecule has 3 aromatic heterocycles. The van der Waals surface area contributed by atoms with Gasteiger partial charge in [-0.3, -0.25) is 9.52 Å². The molecule has 1 aliphatic rings. The van der Waals surface area contributed by atoms with Gasteiger partial charge in [0.15, 0.2) is 11.6 Å². The number of aromatic nitrogens is 2. The fourth-order valence-electron chi connectivity index (χ4n) is 3.20. The quantitative estimate of drug-likeness (QED) is 0.424. The van der Waals surface area contributed by atoms with E-state index in [9.17, 15) is 22.4 Å². The number of fused-ring (bicyclic) bond motifs is 1. The zero-order valence-corrected chi connectivity index (χ0v) is 17.2. The molecule has 12 heteroatoms. The van der Waals surface area contributed by atoms with Crippen molar-refractivity contribution in [1.29, 1.82) is 0 Å². The number of sulfonamides is 1. The van der Waals surface area contributed by atoms with Gasteiger partial charge in [0, 0.05) is 29.8 Å². The third kappa shape index (κ3) is 3.68. The predicted octanol–water partition coefficient (Wildman–Crippen LogP) is 2.95. The Balaban J connectivity index is 1.66. The standard InChI is InChI=1S/C20H15F2N3O6S/c1-30-20(27)14-6-7-15(31-14)32(28,29)25-13-5-4-12(21)16(17(13)22)18(26)11-9-24-19-10(11)3-2-8-23-19/h2-3,5-9,12,25H,4H2,1H3,(H,23,24). The number of allylic oxidation sites excluding steroid dienone is 3. The van der Waals surface area contributed by atoms with E-state index in [4.69, 9.17) is 4.42 Å². The van der Waals surface area contributed by atoms with Crippen molar-refractivity contribution in [2.24, 2.45) is 0 Å².